The molecule has 0 atom stereocenters. The smallest absolute Gasteiger partial charge is 0.243 e. The van der Waals surface area contributed by atoms with Gasteiger partial charge < -0.3 is 19.9 Å². The summed E-state index contributed by atoms with van der Waals surface area (Å²) in [4.78, 5) is 26.3. The maximum absolute atomic E-state index is 11.9. The largest absolute Gasteiger partial charge is 0.382 e. The minimum atomic E-state index is -0.0123. The van der Waals surface area contributed by atoms with Crippen LogP contribution in [0.2, 0.25) is 0 Å². The fourth-order valence-electron chi connectivity index (χ4n) is 2.87. The summed E-state index contributed by atoms with van der Waals surface area (Å²) in [6.45, 7) is 5.04. The lowest BCUT2D eigenvalue weighted by Gasteiger charge is -2.22. The molecule has 1 N–H and O–H groups in total. The van der Waals surface area contributed by atoms with Crippen LogP contribution in [0.4, 0.5) is 0 Å². The number of likely N-dealkylation sites (N-methyl/N-ethyl adjacent to an activating group) is 1. The SMILES string of the molecule is CCOCCCNC(=NCC(=O)N(C)C)N(C)Cc1nc2c(s1)CCCC2. The van der Waals surface area contributed by atoms with Gasteiger partial charge in [0, 0.05) is 45.8 Å². The summed E-state index contributed by atoms with van der Waals surface area (Å²) >= 11 is 1.81. The fraction of sp³-hybridized carbons (Fsp3) is 0.737. The highest BCUT2D eigenvalue weighted by atomic mass is 32.1. The monoisotopic (exact) mass is 395 g/mol. The van der Waals surface area contributed by atoms with Crippen molar-refractivity contribution in [1.82, 2.24) is 20.1 Å². The van der Waals surface area contributed by atoms with E-state index in [0.29, 0.717) is 6.54 Å². The van der Waals surface area contributed by atoms with E-state index in [2.05, 4.69) is 10.3 Å². The van der Waals surface area contributed by atoms with E-state index in [1.54, 1.807) is 19.0 Å². The number of rotatable bonds is 9. The van der Waals surface area contributed by atoms with Gasteiger partial charge in [-0.3, -0.25) is 4.79 Å². The molecule has 1 aromatic heterocycles. The molecule has 1 aromatic rings. The third-order valence-corrected chi connectivity index (χ3v) is 5.58. The van der Waals surface area contributed by atoms with Crippen molar-refractivity contribution in [2.75, 3.05) is 47.4 Å². The van der Waals surface area contributed by atoms with Gasteiger partial charge in [-0.15, -0.1) is 11.3 Å². The zero-order valence-electron chi connectivity index (χ0n) is 17.1. The molecule has 2 rings (SSSR count). The first-order valence-electron chi connectivity index (χ1n) is 9.76. The Hall–Kier alpha value is -1.67. The highest BCUT2D eigenvalue weighted by molar-refractivity contribution is 7.11. The Morgan fingerprint density at radius 2 is 2.07 bits per heavy atom. The summed E-state index contributed by atoms with van der Waals surface area (Å²) in [6, 6.07) is 0. The Morgan fingerprint density at radius 1 is 1.30 bits per heavy atom. The van der Waals surface area contributed by atoms with Gasteiger partial charge in [-0.2, -0.15) is 0 Å². The predicted molar refractivity (Wildman–Crippen MR) is 110 cm³/mol. The lowest BCUT2D eigenvalue weighted by molar-refractivity contribution is -0.127. The van der Waals surface area contributed by atoms with Gasteiger partial charge >= 0.3 is 0 Å². The third-order valence-electron chi connectivity index (χ3n) is 4.44. The molecule has 0 aromatic carbocycles. The van der Waals surface area contributed by atoms with Gasteiger partial charge in [-0.1, -0.05) is 0 Å². The maximum atomic E-state index is 11.9. The van der Waals surface area contributed by atoms with Crippen molar-refractivity contribution in [2.24, 2.45) is 4.99 Å². The molecular formula is C19H33N5O2S. The number of fused-ring (bicyclic) bond motifs is 1. The summed E-state index contributed by atoms with van der Waals surface area (Å²) < 4.78 is 5.39. The van der Waals surface area contributed by atoms with E-state index in [-0.39, 0.29) is 12.5 Å². The first-order valence-corrected chi connectivity index (χ1v) is 10.6. The van der Waals surface area contributed by atoms with Gasteiger partial charge in [0.15, 0.2) is 5.96 Å². The van der Waals surface area contributed by atoms with Crippen LogP contribution in [0, 0.1) is 0 Å². The van der Waals surface area contributed by atoms with E-state index in [9.17, 15) is 4.79 Å². The number of nitrogens with zero attached hydrogens (tertiary/aromatic N) is 4. The van der Waals surface area contributed by atoms with Crippen LogP contribution >= 0.6 is 11.3 Å². The molecule has 1 heterocycles. The van der Waals surface area contributed by atoms with Crippen molar-refractivity contribution in [3.8, 4) is 0 Å². The molecule has 0 radical (unpaired) electrons. The Bertz CT molecular complexity index is 606. The number of nitrogens with one attached hydrogen (secondary N) is 1. The lowest BCUT2D eigenvalue weighted by atomic mass is 10.0. The second kappa shape index (κ2) is 11.2. The number of hydrogen-bond acceptors (Lipinski definition) is 5. The fourth-order valence-corrected chi connectivity index (χ4v) is 4.08. The predicted octanol–water partition coefficient (Wildman–Crippen LogP) is 1.91. The zero-order valence-corrected chi connectivity index (χ0v) is 17.9. The molecule has 0 bridgehead atoms. The average molecular weight is 396 g/mol. The van der Waals surface area contributed by atoms with Crippen LogP contribution in [-0.2, 0) is 28.9 Å². The Balaban J connectivity index is 1.97. The number of carbonyl (C=O) groups excluding carboxylic acids is 1. The molecule has 0 saturated heterocycles. The first kappa shape index (κ1) is 21.6. The van der Waals surface area contributed by atoms with E-state index >= 15 is 0 Å². The summed E-state index contributed by atoms with van der Waals surface area (Å²) in [6.07, 6.45) is 5.67. The zero-order chi connectivity index (χ0) is 19.6. The first-order chi connectivity index (χ1) is 13.0. The molecule has 1 aliphatic rings. The molecule has 7 nitrogen and oxygen atoms in total. The summed E-state index contributed by atoms with van der Waals surface area (Å²) in [5.41, 5.74) is 1.28. The number of aromatic nitrogens is 1. The second-order valence-electron chi connectivity index (χ2n) is 6.95. The van der Waals surface area contributed by atoms with Crippen molar-refractivity contribution in [3.63, 3.8) is 0 Å². The van der Waals surface area contributed by atoms with E-state index in [1.807, 2.05) is 30.2 Å². The number of guanidine groups is 1. The number of aryl methyl sites for hydroxylation is 2. The van der Waals surface area contributed by atoms with Gasteiger partial charge in [0.1, 0.15) is 11.6 Å². The highest BCUT2D eigenvalue weighted by Gasteiger charge is 2.17. The molecule has 0 unspecified atom stereocenters. The number of thiazole rings is 1. The topological polar surface area (TPSA) is 70.1 Å². The quantitative estimate of drug-likeness (QED) is 0.393. The molecule has 0 fully saturated rings. The van der Waals surface area contributed by atoms with Gasteiger partial charge in [-0.05, 0) is 39.0 Å². The standard InChI is InChI=1S/C19H33N5O2S/c1-5-26-12-8-11-20-19(21-13-18(25)23(2)3)24(4)14-17-22-15-9-6-7-10-16(15)27-17/h5-14H2,1-4H3,(H,20,21). The van der Waals surface area contributed by atoms with E-state index in [1.165, 1.54) is 23.4 Å². The molecule has 1 amide bonds. The molecule has 0 saturated carbocycles. The Morgan fingerprint density at radius 3 is 2.78 bits per heavy atom. The molecule has 152 valence electrons. The van der Waals surface area contributed by atoms with Crippen LogP contribution in [0.25, 0.3) is 0 Å². The molecular weight excluding hydrogens is 362 g/mol. The van der Waals surface area contributed by atoms with Crippen molar-refractivity contribution in [3.05, 3.63) is 15.6 Å². The number of amides is 1. The van der Waals surface area contributed by atoms with Crippen molar-refractivity contribution < 1.29 is 9.53 Å². The number of ether oxygens (including phenoxy) is 1. The Labute approximate surface area is 166 Å². The third kappa shape index (κ3) is 7.10. The van der Waals surface area contributed by atoms with Gasteiger partial charge in [0.25, 0.3) is 0 Å². The van der Waals surface area contributed by atoms with E-state index < -0.39 is 0 Å². The molecule has 0 aliphatic heterocycles. The minimum absolute atomic E-state index is 0.0123. The normalized spacial score (nSPS) is 14.0. The van der Waals surface area contributed by atoms with E-state index in [0.717, 1.165) is 50.0 Å². The van der Waals surface area contributed by atoms with Crippen molar-refractivity contribution in [2.45, 2.75) is 45.6 Å². The second-order valence-corrected chi connectivity index (χ2v) is 8.11. The van der Waals surface area contributed by atoms with Gasteiger partial charge in [0.05, 0.1) is 12.2 Å². The molecule has 27 heavy (non-hydrogen) atoms. The van der Waals surface area contributed by atoms with Crippen LogP contribution in [0.5, 0.6) is 0 Å². The molecule has 1 aliphatic carbocycles. The van der Waals surface area contributed by atoms with Gasteiger partial charge in [-0.25, -0.2) is 9.98 Å². The summed E-state index contributed by atoms with van der Waals surface area (Å²) in [7, 11) is 5.49. The molecule has 8 heteroatoms. The van der Waals surface area contributed by atoms with Gasteiger partial charge in [0.2, 0.25) is 5.91 Å². The minimum Gasteiger partial charge on any atom is -0.382 e. The summed E-state index contributed by atoms with van der Waals surface area (Å²) in [5, 5.41) is 4.47. The van der Waals surface area contributed by atoms with Crippen LogP contribution in [0.15, 0.2) is 4.99 Å². The van der Waals surface area contributed by atoms with Crippen LogP contribution in [0.3, 0.4) is 0 Å². The number of hydrogen-bond donors (Lipinski definition) is 1. The van der Waals surface area contributed by atoms with Crippen molar-refractivity contribution in [1.29, 1.82) is 0 Å². The van der Waals surface area contributed by atoms with Crippen LogP contribution < -0.4 is 5.32 Å². The Kier molecular flexibility index (Phi) is 9.00. The average Bonchev–Trinajstić information content (AvgIpc) is 3.05. The van der Waals surface area contributed by atoms with Crippen LogP contribution in [0.1, 0.15) is 41.8 Å². The van der Waals surface area contributed by atoms with Crippen molar-refractivity contribution >= 4 is 23.2 Å². The van der Waals surface area contributed by atoms with Crippen LogP contribution in [-0.4, -0.2) is 74.1 Å². The number of aliphatic imine (C=N–C) groups is 1. The van der Waals surface area contributed by atoms with E-state index in [4.69, 9.17) is 9.72 Å². The maximum Gasteiger partial charge on any atom is 0.243 e. The lowest BCUT2D eigenvalue weighted by Crippen LogP contribution is -2.40. The number of carbonyl (C=O) groups is 1. The molecule has 0 spiro atoms. The highest BCUT2D eigenvalue weighted by Crippen LogP contribution is 2.27. The summed E-state index contributed by atoms with van der Waals surface area (Å²) in [5.74, 6) is 0.719.